The fourth-order valence-electron chi connectivity index (χ4n) is 2.22. The van der Waals surface area contributed by atoms with E-state index in [4.69, 9.17) is 0 Å². The van der Waals surface area contributed by atoms with Gasteiger partial charge in [-0.15, -0.1) is 0 Å². The molecule has 122 valence electrons. The number of hydrogen-bond acceptors (Lipinski definition) is 5. The van der Waals surface area contributed by atoms with Crippen molar-refractivity contribution in [2.24, 2.45) is 0 Å². The zero-order valence-corrected chi connectivity index (χ0v) is 14.2. The maximum Gasteiger partial charge on any atom is 0.270 e. The molecule has 0 radical (unpaired) electrons. The van der Waals surface area contributed by atoms with Gasteiger partial charge in [-0.25, -0.2) is 4.98 Å². The van der Waals surface area contributed by atoms with E-state index in [1.165, 1.54) is 12.1 Å². The Hall–Kier alpha value is -2.74. The first-order chi connectivity index (χ1) is 11.6. The fraction of sp³-hybridized carbons (Fsp3) is 0.125. The van der Waals surface area contributed by atoms with Gasteiger partial charge in [-0.3, -0.25) is 15.2 Å². The van der Waals surface area contributed by atoms with Crippen LogP contribution in [0.3, 0.4) is 0 Å². The predicted molar refractivity (Wildman–Crippen MR) is 94.8 cm³/mol. The van der Waals surface area contributed by atoms with Crippen LogP contribution in [0.2, 0.25) is 0 Å². The van der Waals surface area contributed by atoms with Crippen LogP contribution in [-0.2, 0) is 6.42 Å². The van der Waals surface area contributed by atoms with Crippen LogP contribution in [0.25, 0.3) is 11.4 Å². The van der Waals surface area contributed by atoms with Crippen LogP contribution in [0.15, 0.2) is 53.0 Å². The van der Waals surface area contributed by atoms with Crippen molar-refractivity contribution in [3.8, 4) is 11.4 Å². The van der Waals surface area contributed by atoms with E-state index < -0.39 is 4.92 Å². The molecule has 0 bridgehead atoms. The van der Waals surface area contributed by atoms with Gasteiger partial charge in [0.05, 0.1) is 4.92 Å². The molecular weight excluding hydrogens is 374 g/mol. The maximum atomic E-state index is 10.8. The summed E-state index contributed by atoms with van der Waals surface area (Å²) in [6.07, 6.45) is 0.661. The number of hydrogen-bond donors (Lipinski definition) is 2. The van der Waals surface area contributed by atoms with Crippen molar-refractivity contribution < 1.29 is 4.92 Å². The Morgan fingerprint density at radius 2 is 2.04 bits per heavy atom. The standard InChI is InChI=1S/C16H14BrN5O2/c17-12-4-2-5-13(10-12)18-8-7-15-19-16(21-20-15)11-3-1-6-14(9-11)22(23)24/h1-6,9-10,18H,7-8H2,(H,19,20,21). The largest absolute Gasteiger partial charge is 0.385 e. The van der Waals surface area contributed by atoms with E-state index >= 15 is 0 Å². The highest BCUT2D eigenvalue weighted by atomic mass is 79.9. The topological polar surface area (TPSA) is 96.7 Å². The molecule has 2 aromatic carbocycles. The molecule has 0 amide bonds. The number of aromatic amines is 1. The summed E-state index contributed by atoms with van der Waals surface area (Å²) in [5, 5.41) is 21.1. The average Bonchev–Trinajstić information content (AvgIpc) is 3.04. The molecule has 0 aliphatic carbocycles. The van der Waals surface area contributed by atoms with Crippen molar-refractivity contribution in [1.82, 2.24) is 15.2 Å². The van der Waals surface area contributed by atoms with Crippen LogP contribution < -0.4 is 5.32 Å². The number of nitrogens with zero attached hydrogens (tertiary/aromatic N) is 3. The molecule has 1 heterocycles. The van der Waals surface area contributed by atoms with Crippen LogP contribution in [0.4, 0.5) is 11.4 Å². The van der Waals surface area contributed by atoms with E-state index in [0.29, 0.717) is 24.4 Å². The van der Waals surface area contributed by atoms with Gasteiger partial charge < -0.3 is 5.32 Å². The van der Waals surface area contributed by atoms with Crippen molar-refractivity contribution in [3.05, 3.63) is 68.9 Å². The molecule has 0 atom stereocenters. The van der Waals surface area contributed by atoms with Crippen LogP contribution in [0, 0.1) is 10.1 Å². The normalized spacial score (nSPS) is 10.5. The predicted octanol–water partition coefficient (Wildman–Crippen LogP) is 3.80. The third-order valence-corrected chi connectivity index (χ3v) is 3.86. The Morgan fingerprint density at radius 3 is 2.83 bits per heavy atom. The van der Waals surface area contributed by atoms with Crippen LogP contribution in [-0.4, -0.2) is 26.6 Å². The molecule has 24 heavy (non-hydrogen) atoms. The maximum absolute atomic E-state index is 10.8. The highest BCUT2D eigenvalue weighted by Crippen LogP contribution is 2.21. The number of nitro benzene ring substituents is 1. The van der Waals surface area contributed by atoms with Gasteiger partial charge in [0.1, 0.15) is 5.82 Å². The Morgan fingerprint density at radius 1 is 1.21 bits per heavy atom. The van der Waals surface area contributed by atoms with Crippen molar-refractivity contribution in [2.75, 3.05) is 11.9 Å². The Bertz CT molecular complexity index is 865. The second-order valence-electron chi connectivity index (χ2n) is 5.10. The van der Waals surface area contributed by atoms with Gasteiger partial charge in [-0.05, 0) is 18.2 Å². The number of H-pyrrole nitrogens is 1. The molecule has 0 saturated heterocycles. The molecule has 7 nitrogen and oxygen atoms in total. The third-order valence-electron chi connectivity index (χ3n) is 3.36. The van der Waals surface area contributed by atoms with Gasteiger partial charge in [-0.2, -0.15) is 5.10 Å². The molecule has 0 aliphatic heterocycles. The first-order valence-electron chi connectivity index (χ1n) is 7.27. The highest BCUT2D eigenvalue weighted by molar-refractivity contribution is 9.10. The van der Waals surface area contributed by atoms with Gasteiger partial charge in [0.2, 0.25) is 0 Å². The number of benzene rings is 2. The summed E-state index contributed by atoms with van der Waals surface area (Å²) < 4.78 is 1.01. The van der Waals surface area contributed by atoms with E-state index in [1.54, 1.807) is 12.1 Å². The number of halogens is 1. The van der Waals surface area contributed by atoms with Crippen molar-refractivity contribution in [2.45, 2.75) is 6.42 Å². The molecule has 3 aromatic rings. The van der Waals surface area contributed by atoms with Gasteiger partial charge in [0.15, 0.2) is 5.82 Å². The Labute approximate surface area is 146 Å². The quantitative estimate of drug-likeness (QED) is 0.495. The smallest absolute Gasteiger partial charge is 0.270 e. The number of non-ortho nitro benzene ring substituents is 1. The minimum absolute atomic E-state index is 0.0233. The van der Waals surface area contributed by atoms with Crippen molar-refractivity contribution in [1.29, 1.82) is 0 Å². The first kappa shape index (κ1) is 16.1. The molecule has 3 rings (SSSR count). The molecule has 0 unspecified atom stereocenters. The van der Waals surface area contributed by atoms with E-state index in [2.05, 4.69) is 36.4 Å². The summed E-state index contributed by atoms with van der Waals surface area (Å²) in [7, 11) is 0. The second-order valence-corrected chi connectivity index (χ2v) is 6.02. The lowest BCUT2D eigenvalue weighted by Crippen LogP contribution is -2.05. The van der Waals surface area contributed by atoms with E-state index in [9.17, 15) is 10.1 Å². The van der Waals surface area contributed by atoms with E-state index in [1.807, 2.05) is 24.3 Å². The minimum Gasteiger partial charge on any atom is -0.385 e. The summed E-state index contributed by atoms with van der Waals surface area (Å²) >= 11 is 3.43. The zero-order chi connectivity index (χ0) is 16.9. The number of aromatic nitrogens is 3. The molecular formula is C16H14BrN5O2. The molecule has 0 spiro atoms. The van der Waals surface area contributed by atoms with Gasteiger partial charge >= 0.3 is 0 Å². The van der Waals surface area contributed by atoms with Gasteiger partial charge in [0.25, 0.3) is 5.69 Å². The summed E-state index contributed by atoms with van der Waals surface area (Å²) in [6.45, 7) is 0.694. The Kier molecular flexibility index (Phi) is 4.85. The lowest BCUT2D eigenvalue weighted by molar-refractivity contribution is -0.384. The van der Waals surface area contributed by atoms with Crippen LogP contribution in [0.5, 0.6) is 0 Å². The number of rotatable bonds is 6. The van der Waals surface area contributed by atoms with E-state index in [-0.39, 0.29) is 5.69 Å². The summed E-state index contributed by atoms with van der Waals surface area (Å²) in [4.78, 5) is 14.8. The zero-order valence-electron chi connectivity index (χ0n) is 12.6. The number of anilines is 1. The highest BCUT2D eigenvalue weighted by Gasteiger charge is 2.10. The first-order valence-corrected chi connectivity index (χ1v) is 8.07. The lowest BCUT2D eigenvalue weighted by Gasteiger charge is -2.04. The number of nitrogens with one attached hydrogen (secondary N) is 2. The van der Waals surface area contributed by atoms with Crippen molar-refractivity contribution in [3.63, 3.8) is 0 Å². The monoisotopic (exact) mass is 387 g/mol. The summed E-state index contributed by atoms with van der Waals surface area (Å²) in [5.74, 6) is 1.18. The second kappa shape index (κ2) is 7.22. The average molecular weight is 388 g/mol. The molecule has 0 saturated carbocycles. The molecule has 0 aliphatic rings. The van der Waals surface area contributed by atoms with Gasteiger partial charge in [-0.1, -0.05) is 34.1 Å². The SMILES string of the molecule is O=[N+]([O-])c1cccc(-c2n[nH]c(CCNc3cccc(Br)c3)n2)c1. The Balaban J connectivity index is 1.63. The third kappa shape index (κ3) is 3.96. The van der Waals surface area contributed by atoms with Gasteiger partial charge in [0, 0.05) is 40.8 Å². The van der Waals surface area contributed by atoms with Crippen molar-refractivity contribution >= 4 is 27.3 Å². The van der Waals surface area contributed by atoms with Crippen LogP contribution >= 0.6 is 15.9 Å². The minimum atomic E-state index is -0.432. The number of nitro groups is 1. The summed E-state index contributed by atoms with van der Waals surface area (Å²) in [6, 6.07) is 14.2. The van der Waals surface area contributed by atoms with E-state index in [0.717, 1.165) is 16.0 Å². The van der Waals surface area contributed by atoms with Crippen LogP contribution in [0.1, 0.15) is 5.82 Å². The summed E-state index contributed by atoms with van der Waals surface area (Å²) in [5.41, 5.74) is 1.66. The fourth-order valence-corrected chi connectivity index (χ4v) is 2.62. The lowest BCUT2D eigenvalue weighted by atomic mass is 10.2. The molecule has 8 heteroatoms. The molecule has 2 N–H and O–H groups in total. The molecule has 1 aromatic heterocycles. The molecule has 0 fully saturated rings.